The molecule has 0 atom stereocenters. The van der Waals surface area contributed by atoms with Crippen molar-refractivity contribution >= 4 is 0 Å². The van der Waals surface area contributed by atoms with Crippen LogP contribution in [0.15, 0.2) is 18.5 Å². The highest BCUT2D eigenvalue weighted by Crippen LogP contribution is 2.06. The highest BCUT2D eigenvalue weighted by atomic mass is 16.5. The fraction of sp³-hybridized carbons (Fsp3) is 0.500. The highest BCUT2D eigenvalue weighted by Gasteiger charge is 1.91. The molecule has 0 N–H and O–H groups in total. The number of hydrogen-bond donors (Lipinski definition) is 0. The topological polar surface area (TPSA) is 22.1 Å². The summed E-state index contributed by atoms with van der Waals surface area (Å²) in [5, 5.41) is 0. The molecule has 0 aromatic carbocycles. The van der Waals surface area contributed by atoms with Crippen LogP contribution in [0.1, 0.15) is 26.2 Å². The van der Waals surface area contributed by atoms with Gasteiger partial charge in [0, 0.05) is 12.3 Å². The van der Waals surface area contributed by atoms with Crippen molar-refractivity contribution in [1.82, 2.24) is 4.98 Å². The standard InChI is InChI=1S/C10H14NO/c1-2-3-4-8-12-10-6-5-7-11-9-10/h5,7,9H,2-4,8H2,1H3. The van der Waals surface area contributed by atoms with Crippen LogP contribution in [0.5, 0.6) is 5.75 Å². The quantitative estimate of drug-likeness (QED) is 0.623. The number of nitrogens with zero attached hydrogens (tertiary/aromatic N) is 1. The molecule has 1 rings (SSSR count). The van der Waals surface area contributed by atoms with E-state index in [1.807, 2.05) is 0 Å². The van der Waals surface area contributed by atoms with Crippen molar-refractivity contribution in [3.8, 4) is 5.75 Å². The molecule has 1 radical (unpaired) electrons. The Morgan fingerprint density at radius 3 is 3.08 bits per heavy atom. The Hall–Kier alpha value is -1.05. The normalized spacial score (nSPS) is 9.75. The van der Waals surface area contributed by atoms with Gasteiger partial charge in [0.1, 0.15) is 5.75 Å². The smallest absolute Gasteiger partial charge is 0.145 e. The van der Waals surface area contributed by atoms with E-state index < -0.39 is 0 Å². The highest BCUT2D eigenvalue weighted by molar-refractivity contribution is 5.13. The Morgan fingerprint density at radius 2 is 2.42 bits per heavy atom. The minimum absolute atomic E-state index is 0.744. The Balaban J connectivity index is 2.16. The number of rotatable bonds is 5. The van der Waals surface area contributed by atoms with Gasteiger partial charge in [0.25, 0.3) is 0 Å². The van der Waals surface area contributed by atoms with Gasteiger partial charge in [-0.2, -0.15) is 0 Å². The molecule has 1 aromatic heterocycles. The van der Waals surface area contributed by atoms with Gasteiger partial charge in [-0.05, 0) is 12.5 Å². The van der Waals surface area contributed by atoms with Crippen molar-refractivity contribution < 1.29 is 4.74 Å². The van der Waals surface area contributed by atoms with Crippen LogP contribution < -0.4 is 4.74 Å². The number of ether oxygens (including phenoxy) is 1. The van der Waals surface area contributed by atoms with Crippen LogP contribution >= 0.6 is 0 Å². The van der Waals surface area contributed by atoms with Gasteiger partial charge in [0.2, 0.25) is 0 Å². The Labute approximate surface area is 73.6 Å². The average Bonchev–Trinajstić information content (AvgIpc) is 2.14. The lowest BCUT2D eigenvalue weighted by Gasteiger charge is -2.03. The molecule has 0 aliphatic carbocycles. The summed E-state index contributed by atoms with van der Waals surface area (Å²) >= 11 is 0. The second-order valence-electron chi connectivity index (χ2n) is 2.66. The van der Waals surface area contributed by atoms with E-state index in [0.717, 1.165) is 18.8 Å². The van der Waals surface area contributed by atoms with Crippen LogP contribution in [0.25, 0.3) is 0 Å². The molecular weight excluding hydrogens is 150 g/mol. The predicted molar refractivity (Wildman–Crippen MR) is 48.1 cm³/mol. The van der Waals surface area contributed by atoms with E-state index in [2.05, 4.69) is 18.0 Å². The summed E-state index contributed by atoms with van der Waals surface area (Å²) in [4.78, 5) is 3.93. The predicted octanol–water partition coefficient (Wildman–Crippen LogP) is 2.45. The van der Waals surface area contributed by atoms with Crippen molar-refractivity contribution in [3.05, 3.63) is 24.5 Å². The third kappa shape index (κ3) is 3.37. The van der Waals surface area contributed by atoms with Gasteiger partial charge in [0.05, 0.1) is 12.8 Å². The van der Waals surface area contributed by atoms with Gasteiger partial charge >= 0.3 is 0 Å². The first-order valence-electron chi connectivity index (χ1n) is 4.38. The van der Waals surface area contributed by atoms with Crippen molar-refractivity contribution in [2.75, 3.05) is 6.61 Å². The van der Waals surface area contributed by atoms with Crippen LogP contribution in [0.3, 0.4) is 0 Å². The van der Waals surface area contributed by atoms with Gasteiger partial charge in [-0.15, -0.1) is 0 Å². The zero-order valence-corrected chi connectivity index (χ0v) is 7.42. The molecule has 0 spiro atoms. The number of unbranched alkanes of at least 4 members (excludes halogenated alkanes) is 2. The molecule has 12 heavy (non-hydrogen) atoms. The zero-order chi connectivity index (χ0) is 8.65. The summed E-state index contributed by atoms with van der Waals surface area (Å²) in [6.45, 7) is 2.95. The van der Waals surface area contributed by atoms with Crippen LogP contribution in [0.2, 0.25) is 0 Å². The molecule has 65 valence electrons. The summed E-state index contributed by atoms with van der Waals surface area (Å²) < 4.78 is 5.39. The SMILES string of the molecule is CCCCCOc1[c]ccnc1. The molecule has 1 heterocycles. The van der Waals surface area contributed by atoms with Gasteiger partial charge < -0.3 is 4.74 Å². The summed E-state index contributed by atoms with van der Waals surface area (Å²) in [6.07, 6.45) is 6.93. The van der Waals surface area contributed by atoms with E-state index in [-0.39, 0.29) is 0 Å². The lowest BCUT2D eigenvalue weighted by Crippen LogP contribution is -1.96. The van der Waals surface area contributed by atoms with Crippen molar-refractivity contribution in [2.45, 2.75) is 26.2 Å². The molecular formula is C10H14NO. The van der Waals surface area contributed by atoms with Crippen molar-refractivity contribution in [2.24, 2.45) is 0 Å². The maximum atomic E-state index is 5.39. The first-order valence-corrected chi connectivity index (χ1v) is 4.38. The van der Waals surface area contributed by atoms with Crippen molar-refractivity contribution in [3.63, 3.8) is 0 Å². The van der Waals surface area contributed by atoms with E-state index in [4.69, 9.17) is 4.74 Å². The van der Waals surface area contributed by atoms with Crippen LogP contribution in [0, 0.1) is 6.07 Å². The third-order valence-corrected chi connectivity index (χ3v) is 1.58. The number of pyridine rings is 1. The minimum Gasteiger partial charge on any atom is -0.491 e. The second-order valence-corrected chi connectivity index (χ2v) is 2.66. The molecule has 1 aromatic rings. The molecule has 2 nitrogen and oxygen atoms in total. The molecule has 0 amide bonds. The zero-order valence-electron chi connectivity index (χ0n) is 7.42. The first kappa shape index (κ1) is 9.04. The second kappa shape index (κ2) is 5.58. The lowest BCUT2D eigenvalue weighted by molar-refractivity contribution is 0.304. The van der Waals surface area contributed by atoms with E-state index >= 15 is 0 Å². The number of hydrogen-bond acceptors (Lipinski definition) is 2. The molecule has 0 unspecified atom stereocenters. The Morgan fingerprint density at radius 1 is 1.50 bits per heavy atom. The van der Waals surface area contributed by atoms with Gasteiger partial charge in [-0.25, -0.2) is 0 Å². The molecule has 0 bridgehead atoms. The minimum atomic E-state index is 0.744. The van der Waals surface area contributed by atoms with Crippen LogP contribution in [-0.2, 0) is 0 Å². The summed E-state index contributed by atoms with van der Waals surface area (Å²) in [7, 11) is 0. The maximum absolute atomic E-state index is 5.39. The molecule has 0 aliphatic heterocycles. The molecule has 0 fully saturated rings. The third-order valence-electron chi connectivity index (χ3n) is 1.58. The molecule has 0 saturated heterocycles. The summed E-state index contributed by atoms with van der Waals surface area (Å²) in [5.41, 5.74) is 0. The van der Waals surface area contributed by atoms with Gasteiger partial charge in [0.15, 0.2) is 0 Å². The van der Waals surface area contributed by atoms with Crippen molar-refractivity contribution in [1.29, 1.82) is 0 Å². The average molecular weight is 164 g/mol. The van der Waals surface area contributed by atoms with Crippen LogP contribution in [-0.4, -0.2) is 11.6 Å². The Bertz CT molecular complexity index is 198. The van der Waals surface area contributed by atoms with Crippen LogP contribution in [0.4, 0.5) is 0 Å². The van der Waals surface area contributed by atoms with Gasteiger partial charge in [-0.1, -0.05) is 19.8 Å². The fourth-order valence-electron chi connectivity index (χ4n) is 0.924. The Kier molecular flexibility index (Phi) is 4.21. The maximum Gasteiger partial charge on any atom is 0.145 e. The largest absolute Gasteiger partial charge is 0.491 e. The lowest BCUT2D eigenvalue weighted by atomic mass is 10.3. The van der Waals surface area contributed by atoms with E-state index in [1.54, 1.807) is 18.5 Å². The molecule has 0 saturated carbocycles. The first-order chi connectivity index (χ1) is 5.93. The van der Waals surface area contributed by atoms with E-state index in [0.29, 0.717) is 0 Å². The van der Waals surface area contributed by atoms with E-state index in [9.17, 15) is 0 Å². The fourth-order valence-corrected chi connectivity index (χ4v) is 0.924. The molecule has 0 aliphatic rings. The monoisotopic (exact) mass is 164 g/mol. The van der Waals surface area contributed by atoms with Gasteiger partial charge in [-0.3, -0.25) is 4.98 Å². The summed E-state index contributed by atoms with van der Waals surface area (Å²) in [6, 6.07) is 4.72. The number of aromatic nitrogens is 1. The molecule has 2 heteroatoms. The summed E-state index contributed by atoms with van der Waals surface area (Å²) in [5.74, 6) is 0.744. The van der Waals surface area contributed by atoms with E-state index in [1.165, 1.54) is 12.8 Å².